The molecule has 25 heavy (non-hydrogen) atoms. The second kappa shape index (κ2) is 5.47. The van der Waals surface area contributed by atoms with Crippen LogP contribution in [-0.2, 0) is 12.7 Å². The molecule has 1 saturated carbocycles. The molecule has 0 amide bonds. The third kappa shape index (κ3) is 3.06. The van der Waals surface area contributed by atoms with Gasteiger partial charge in [0.1, 0.15) is 11.4 Å². The van der Waals surface area contributed by atoms with Crippen LogP contribution in [-0.4, -0.2) is 38.9 Å². The van der Waals surface area contributed by atoms with E-state index in [-0.39, 0.29) is 6.54 Å². The van der Waals surface area contributed by atoms with Crippen molar-refractivity contribution in [2.24, 2.45) is 11.8 Å². The van der Waals surface area contributed by atoms with Gasteiger partial charge in [0, 0.05) is 25.5 Å². The molecule has 0 aromatic carbocycles. The molecule has 2 atom stereocenters. The molecule has 2 aliphatic rings. The molecule has 132 valence electrons. The van der Waals surface area contributed by atoms with Gasteiger partial charge in [0.15, 0.2) is 5.69 Å². The van der Waals surface area contributed by atoms with Gasteiger partial charge < -0.3 is 10.0 Å². The summed E-state index contributed by atoms with van der Waals surface area (Å²) in [6.45, 7) is 2.04. The summed E-state index contributed by atoms with van der Waals surface area (Å²) in [6.07, 6.45) is -1.03. The zero-order valence-corrected chi connectivity index (χ0v) is 13.1. The van der Waals surface area contributed by atoms with Crippen LogP contribution in [0.25, 0.3) is 0 Å². The maximum absolute atomic E-state index is 12.9. The normalized spacial score (nSPS) is 22.1. The van der Waals surface area contributed by atoms with Gasteiger partial charge in [-0.1, -0.05) is 6.07 Å². The number of hydrogen-bond acceptors (Lipinski definition) is 4. The maximum atomic E-state index is 12.9. The van der Waals surface area contributed by atoms with Crippen LogP contribution in [0.15, 0.2) is 24.5 Å². The third-order valence-electron chi connectivity index (χ3n) is 4.72. The number of carboxylic acid groups (broad SMARTS) is 1. The molecule has 1 saturated heterocycles. The average molecular weight is 352 g/mol. The topological polar surface area (TPSA) is 71.2 Å². The molecule has 3 heterocycles. The summed E-state index contributed by atoms with van der Waals surface area (Å²) in [5.74, 6) is 0.764. The zero-order chi connectivity index (χ0) is 17.8. The Bertz CT molecular complexity index is 806. The number of anilines is 1. The molecule has 2 unspecified atom stereocenters. The van der Waals surface area contributed by atoms with E-state index >= 15 is 0 Å². The molecule has 4 rings (SSSR count). The molecule has 2 aromatic heterocycles. The van der Waals surface area contributed by atoms with E-state index in [9.17, 15) is 18.0 Å². The lowest BCUT2D eigenvalue weighted by molar-refractivity contribution is -0.142. The van der Waals surface area contributed by atoms with Crippen LogP contribution in [0.4, 0.5) is 19.0 Å². The van der Waals surface area contributed by atoms with Gasteiger partial charge >= 0.3 is 12.1 Å². The second-order valence-electron chi connectivity index (χ2n) is 6.58. The van der Waals surface area contributed by atoms with E-state index in [0.717, 1.165) is 41.6 Å². The highest BCUT2D eigenvalue weighted by molar-refractivity contribution is 5.88. The van der Waals surface area contributed by atoms with Gasteiger partial charge in [0.05, 0.1) is 6.54 Å². The number of pyridine rings is 1. The Hall–Kier alpha value is -2.58. The van der Waals surface area contributed by atoms with Crippen molar-refractivity contribution in [3.05, 3.63) is 41.3 Å². The van der Waals surface area contributed by atoms with E-state index in [2.05, 4.69) is 15.0 Å². The Balaban J connectivity index is 1.51. The minimum atomic E-state index is -4.81. The Kier molecular flexibility index (Phi) is 3.48. The minimum absolute atomic E-state index is 0.0227. The lowest BCUT2D eigenvalue weighted by atomic mass is 10.2. The highest BCUT2D eigenvalue weighted by Crippen LogP contribution is 2.45. The summed E-state index contributed by atoms with van der Waals surface area (Å²) in [4.78, 5) is 17.6. The maximum Gasteiger partial charge on any atom is 0.436 e. The van der Waals surface area contributed by atoms with Gasteiger partial charge in [-0.05, 0) is 29.9 Å². The van der Waals surface area contributed by atoms with Crippen LogP contribution in [0.5, 0.6) is 0 Å². The smallest absolute Gasteiger partial charge is 0.436 e. The zero-order valence-electron chi connectivity index (χ0n) is 13.1. The first-order valence-electron chi connectivity index (χ1n) is 7.89. The van der Waals surface area contributed by atoms with E-state index in [1.54, 1.807) is 12.3 Å². The van der Waals surface area contributed by atoms with Gasteiger partial charge in [-0.3, -0.25) is 4.68 Å². The first-order valence-corrected chi connectivity index (χ1v) is 7.89. The molecular weight excluding hydrogens is 337 g/mol. The number of fused-ring (bicyclic) bond motifs is 1. The van der Waals surface area contributed by atoms with Crippen molar-refractivity contribution in [2.75, 3.05) is 18.0 Å². The number of aromatic carboxylic acids is 1. The number of rotatable bonds is 4. The third-order valence-corrected chi connectivity index (χ3v) is 4.72. The fraction of sp³-hybridized carbons (Fsp3) is 0.438. The average Bonchev–Trinajstić information content (AvgIpc) is 2.96. The SMILES string of the molecule is O=C(O)c1cn(Cc2ccc(N3CC4CC4C3)nc2)nc1C(F)(F)F. The van der Waals surface area contributed by atoms with Gasteiger partial charge in [-0.2, -0.15) is 18.3 Å². The quantitative estimate of drug-likeness (QED) is 0.915. The molecule has 1 aliphatic heterocycles. The first kappa shape index (κ1) is 15.9. The number of hydrogen-bond donors (Lipinski definition) is 1. The molecule has 0 bridgehead atoms. The number of piperidine rings is 1. The van der Waals surface area contributed by atoms with Crippen LogP contribution >= 0.6 is 0 Å². The fourth-order valence-corrected chi connectivity index (χ4v) is 3.34. The van der Waals surface area contributed by atoms with Crippen molar-refractivity contribution in [1.29, 1.82) is 0 Å². The molecule has 9 heteroatoms. The van der Waals surface area contributed by atoms with E-state index in [1.165, 1.54) is 6.42 Å². The highest BCUT2D eigenvalue weighted by Gasteiger charge is 2.45. The summed E-state index contributed by atoms with van der Waals surface area (Å²) in [5, 5.41) is 12.3. The van der Waals surface area contributed by atoms with E-state index in [0.29, 0.717) is 5.56 Å². The number of carboxylic acids is 1. The molecule has 2 fully saturated rings. The van der Waals surface area contributed by atoms with E-state index in [4.69, 9.17) is 5.11 Å². The van der Waals surface area contributed by atoms with Gasteiger partial charge in [0.2, 0.25) is 0 Å². The van der Waals surface area contributed by atoms with Crippen LogP contribution in [0.3, 0.4) is 0 Å². The standard InChI is InChI=1S/C16H15F3N4O2/c17-16(18,19)14-12(15(24)25)8-23(21-14)5-9-1-2-13(20-4-9)22-6-10-3-11(10)7-22/h1-2,4,8,10-11H,3,5-7H2,(H,24,25). The molecule has 0 spiro atoms. The predicted octanol–water partition coefficient (Wildman–Crippen LogP) is 2.50. The molecule has 1 aliphatic carbocycles. The fourth-order valence-electron chi connectivity index (χ4n) is 3.34. The van der Waals surface area contributed by atoms with Crippen LogP contribution in [0.2, 0.25) is 0 Å². The first-order chi connectivity index (χ1) is 11.8. The monoisotopic (exact) mass is 352 g/mol. The van der Waals surface area contributed by atoms with Gasteiger partial charge in [-0.15, -0.1) is 0 Å². The predicted molar refractivity (Wildman–Crippen MR) is 81.3 cm³/mol. The highest BCUT2D eigenvalue weighted by atomic mass is 19.4. The van der Waals surface area contributed by atoms with E-state index in [1.807, 2.05) is 6.07 Å². The Morgan fingerprint density at radius 1 is 1.28 bits per heavy atom. The van der Waals surface area contributed by atoms with Crippen molar-refractivity contribution in [1.82, 2.24) is 14.8 Å². The summed E-state index contributed by atoms with van der Waals surface area (Å²) in [5.41, 5.74) is -1.59. The molecular formula is C16H15F3N4O2. The van der Waals surface area contributed by atoms with Gasteiger partial charge in [0.25, 0.3) is 0 Å². The number of halogens is 3. The Labute approximate surface area is 140 Å². The van der Waals surface area contributed by atoms with Crippen molar-refractivity contribution >= 4 is 11.8 Å². The lowest BCUT2D eigenvalue weighted by Crippen LogP contribution is -2.22. The van der Waals surface area contributed by atoms with Crippen LogP contribution < -0.4 is 4.90 Å². The second-order valence-corrected chi connectivity index (χ2v) is 6.58. The number of alkyl halides is 3. The summed E-state index contributed by atoms with van der Waals surface area (Å²) >= 11 is 0. The van der Waals surface area contributed by atoms with Crippen molar-refractivity contribution in [3.8, 4) is 0 Å². The van der Waals surface area contributed by atoms with E-state index < -0.39 is 23.4 Å². The number of nitrogens with zero attached hydrogens (tertiary/aromatic N) is 4. The molecule has 2 aromatic rings. The van der Waals surface area contributed by atoms with Crippen molar-refractivity contribution < 1.29 is 23.1 Å². The number of carbonyl (C=O) groups is 1. The Morgan fingerprint density at radius 2 is 2.00 bits per heavy atom. The molecule has 1 N–H and O–H groups in total. The largest absolute Gasteiger partial charge is 0.478 e. The van der Waals surface area contributed by atoms with Crippen molar-refractivity contribution in [2.45, 2.75) is 19.1 Å². The van der Waals surface area contributed by atoms with Crippen LogP contribution in [0.1, 0.15) is 28.0 Å². The number of aromatic nitrogens is 3. The summed E-state index contributed by atoms with van der Waals surface area (Å²) in [7, 11) is 0. The molecule has 6 nitrogen and oxygen atoms in total. The Morgan fingerprint density at radius 3 is 2.52 bits per heavy atom. The molecule has 0 radical (unpaired) electrons. The lowest BCUT2D eigenvalue weighted by Gasteiger charge is -2.18. The van der Waals surface area contributed by atoms with Gasteiger partial charge in [-0.25, -0.2) is 9.78 Å². The summed E-state index contributed by atoms with van der Waals surface area (Å²) in [6, 6.07) is 3.62. The minimum Gasteiger partial charge on any atom is -0.478 e. The van der Waals surface area contributed by atoms with Crippen LogP contribution in [0, 0.1) is 11.8 Å². The summed E-state index contributed by atoms with van der Waals surface area (Å²) < 4.78 is 39.6. The van der Waals surface area contributed by atoms with Crippen molar-refractivity contribution in [3.63, 3.8) is 0 Å².